The van der Waals surface area contributed by atoms with E-state index in [4.69, 9.17) is 16.3 Å². The summed E-state index contributed by atoms with van der Waals surface area (Å²) < 4.78 is 31.7. The lowest BCUT2D eigenvalue weighted by Gasteiger charge is -2.21. The van der Waals surface area contributed by atoms with Gasteiger partial charge >= 0.3 is 0 Å². The van der Waals surface area contributed by atoms with E-state index in [1.165, 1.54) is 11.4 Å². The quantitative estimate of drug-likeness (QED) is 0.725. The molecule has 114 valence electrons. The Labute approximate surface area is 126 Å². The van der Waals surface area contributed by atoms with Crippen LogP contribution in [0.3, 0.4) is 0 Å². The molecule has 0 spiro atoms. The number of halogens is 1. The van der Waals surface area contributed by atoms with Crippen molar-refractivity contribution in [1.82, 2.24) is 4.31 Å². The van der Waals surface area contributed by atoms with Crippen LogP contribution in [-0.2, 0) is 15.9 Å². The molecule has 6 heteroatoms. The van der Waals surface area contributed by atoms with Crippen LogP contribution in [0.15, 0.2) is 23.1 Å². The maximum absolute atomic E-state index is 12.6. The third kappa shape index (κ3) is 3.87. The fourth-order valence-electron chi connectivity index (χ4n) is 1.84. The molecule has 0 aliphatic rings. The molecule has 0 aliphatic carbocycles. The fourth-order valence-corrected chi connectivity index (χ4v) is 3.43. The molecule has 1 atom stereocenters. The molecule has 0 aromatic heterocycles. The number of methoxy groups -OCH3 is 1. The summed E-state index contributed by atoms with van der Waals surface area (Å²) in [4.78, 5) is 0.180. The molecule has 1 rings (SSSR count). The van der Waals surface area contributed by atoms with Crippen LogP contribution in [0.2, 0.25) is 0 Å². The molecule has 0 saturated carbocycles. The molecule has 0 fully saturated rings. The molecule has 0 saturated heterocycles. The maximum atomic E-state index is 12.6. The predicted molar refractivity (Wildman–Crippen MR) is 81.8 cm³/mol. The monoisotopic (exact) mass is 319 g/mol. The molecule has 0 aliphatic heterocycles. The first-order chi connectivity index (χ1) is 9.36. The van der Waals surface area contributed by atoms with E-state index in [2.05, 4.69) is 0 Å². The molecule has 0 amide bonds. The van der Waals surface area contributed by atoms with Crippen molar-refractivity contribution in [2.24, 2.45) is 5.92 Å². The molecule has 0 radical (unpaired) electrons. The van der Waals surface area contributed by atoms with Crippen LogP contribution in [0.4, 0.5) is 0 Å². The lowest BCUT2D eigenvalue weighted by Crippen LogP contribution is -2.31. The summed E-state index contributed by atoms with van der Waals surface area (Å²) in [5, 5.41) is 0. The Balaban J connectivity index is 3.14. The van der Waals surface area contributed by atoms with Gasteiger partial charge in [-0.3, -0.25) is 0 Å². The van der Waals surface area contributed by atoms with Gasteiger partial charge in [0, 0.05) is 19.5 Å². The van der Waals surface area contributed by atoms with Crippen LogP contribution in [0.1, 0.15) is 25.8 Å². The van der Waals surface area contributed by atoms with Crippen LogP contribution < -0.4 is 4.74 Å². The average molecular weight is 320 g/mol. The number of sulfonamides is 1. The average Bonchev–Trinajstić information content (AvgIpc) is 2.45. The summed E-state index contributed by atoms with van der Waals surface area (Å²) in [6, 6.07) is 4.93. The molecule has 0 bridgehead atoms. The Morgan fingerprint density at radius 3 is 2.55 bits per heavy atom. The van der Waals surface area contributed by atoms with Gasteiger partial charge in [-0.1, -0.05) is 26.3 Å². The lowest BCUT2D eigenvalue weighted by atomic mass is 10.1. The van der Waals surface area contributed by atoms with Crippen LogP contribution in [0.25, 0.3) is 0 Å². The van der Waals surface area contributed by atoms with Gasteiger partial charge in [0.1, 0.15) is 10.6 Å². The van der Waals surface area contributed by atoms with E-state index < -0.39 is 10.0 Å². The number of nitrogens with zero attached hydrogens (tertiary/aromatic N) is 1. The number of benzene rings is 1. The van der Waals surface area contributed by atoms with E-state index >= 15 is 0 Å². The van der Waals surface area contributed by atoms with Gasteiger partial charge in [0.25, 0.3) is 0 Å². The Morgan fingerprint density at radius 1 is 1.40 bits per heavy atom. The van der Waals surface area contributed by atoms with Gasteiger partial charge in [-0.2, -0.15) is 0 Å². The predicted octanol–water partition coefficient (Wildman–Crippen LogP) is 3.10. The Hall–Kier alpha value is -0.780. The van der Waals surface area contributed by atoms with Crippen molar-refractivity contribution in [2.45, 2.75) is 31.0 Å². The highest BCUT2D eigenvalue weighted by Gasteiger charge is 2.25. The van der Waals surface area contributed by atoms with Crippen LogP contribution in [0.5, 0.6) is 5.75 Å². The molecular formula is C14H22ClNO3S. The number of alkyl halides is 1. The second kappa shape index (κ2) is 7.29. The molecule has 0 heterocycles. The maximum Gasteiger partial charge on any atom is 0.246 e. The molecule has 1 unspecified atom stereocenters. The van der Waals surface area contributed by atoms with Gasteiger partial charge < -0.3 is 4.74 Å². The highest BCUT2D eigenvalue weighted by atomic mass is 35.5. The Morgan fingerprint density at radius 2 is 2.05 bits per heavy atom. The standard InChI is InChI=1S/C14H22ClNO3S/c1-5-11(2)10-16(3)20(17,18)14-7-6-12(9-15)8-13(14)19-4/h6-8,11H,5,9-10H2,1-4H3. The zero-order chi connectivity index (χ0) is 15.3. The van der Waals surface area contributed by atoms with Crippen molar-refractivity contribution >= 4 is 21.6 Å². The van der Waals surface area contributed by atoms with Crippen molar-refractivity contribution in [3.05, 3.63) is 23.8 Å². The first-order valence-corrected chi connectivity index (χ1v) is 8.53. The number of hydrogen-bond acceptors (Lipinski definition) is 3. The van der Waals surface area contributed by atoms with Crippen molar-refractivity contribution in [2.75, 3.05) is 20.7 Å². The molecular weight excluding hydrogens is 298 g/mol. The number of hydrogen-bond donors (Lipinski definition) is 0. The summed E-state index contributed by atoms with van der Waals surface area (Å²) in [6.07, 6.45) is 0.933. The van der Waals surface area contributed by atoms with Crippen LogP contribution in [0, 0.1) is 5.92 Å². The van der Waals surface area contributed by atoms with Gasteiger partial charge in [-0.25, -0.2) is 12.7 Å². The van der Waals surface area contributed by atoms with Crippen molar-refractivity contribution in [1.29, 1.82) is 0 Å². The summed E-state index contributed by atoms with van der Waals surface area (Å²) >= 11 is 5.76. The van der Waals surface area contributed by atoms with Crippen molar-refractivity contribution in [3.8, 4) is 5.75 Å². The second-order valence-corrected chi connectivity index (χ2v) is 7.20. The van der Waals surface area contributed by atoms with Crippen molar-refractivity contribution in [3.63, 3.8) is 0 Å². The second-order valence-electron chi connectivity index (χ2n) is 4.92. The largest absolute Gasteiger partial charge is 0.495 e. The summed E-state index contributed by atoms with van der Waals surface area (Å²) in [5.74, 6) is 0.960. The van der Waals surface area contributed by atoms with E-state index in [0.29, 0.717) is 24.1 Å². The summed E-state index contributed by atoms with van der Waals surface area (Å²) in [6.45, 7) is 4.56. The third-order valence-electron chi connectivity index (χ3n) is 3.34. The normalized spacial score (nSPS) is 13.5. The van der Waals surface area contributed by atoms with E-state index in [1.807, 2.05) is 13.8 Å². The minimum Gasteiger partial charge on any atom is -0.495 e. The van der Waals surface area contributed by atoms with Gasteiger partial charge in [0.15, 0.2) is 0 Å². The van der Waals surface area contributed by atoms with E-state index in [9.17, 15) is 8.42 Å². The zero-order valence-electron chi connectivity index (χ0n) is 12.4. The zero-order valence-corrected chi connectivity index (χ0v) is 14.0. The Kier molecular flexibility index (Phi) is 6.30. The highest BCUT2D eigenvalue weighted by Crippen LogP contribution is 2.28. The van der Waals surface area contributed by atoms with Crippen LogP contribution in [-0.4, -0.2) is 33.4 Å². The Bertz CT molecular complexity index is 545. The summed E-state index contributed by atoms with van der Waals surface area (Å²) in [5.41, 5.74) is 0.826. The minimum absolute atomic E-state index is 0.180. The van der Waals surface area contributed by atoms with Crippen molar-refractivity contribution < 1.29 is 13.2 Å². The van der Waals surface area contributed by atoms with E-state index in [1.54, 1.807) is 25.2 Å². The first-order valence-electron chi connectivity index (χ1n) is 6.56. The van der Waals surface area contributed by atoms with Gasteiger partial charge in [-0.15, -0.1) is 11.6 Å². The third-order valence-corrected chi connectivity index (χ3v) is 5.51. The first kappa shape index (κ1) is 17.3. The molecule has 4 nitrogen and oxygen atoms in total. The van der Waals surface area contributed by atoms with Gasteiger partial charge in [-0.05, 0) is 23.6 Å². The van der Waals surface area contributed by atoms with E-state index in [0.717, 1.165) is 12.0 Å². The van der Waals surface area contributed by atoms with Gasteiger partial charge in [0.2, 0.25) is 10.0 Å². The topological polar surface area (TPSA) is 46.6 Å². The van der Waals surface area contributed by atoms with Gasteiger partial charge in [0.05, 0.1) is 7.11 Å². The fraction of sp³-hybridized carbons (Fsp3) is 0.571. The number of rotatable bonds is 7. The summed E-state index contributed by atoms with van der Waals surface area (Å²) in [7, 11) is -0.494. The number of ether oxygens (including phenoxy) is 1. The lowest BCUT2D eigenvalue weighted by molar-refractivity contribution is 0.381. The smallest absolute Gasteiger partial charge is 0.246 e. The molecule has 1 aromatic carbocycles. The van der Waals surface area contributed by atoms with E-state index in [-0.39, 0.29) is 4.90 Å². The van der Waals surface area contributed by atoms with Crippen LogP contribution >= 0.6 is 11.6 Å². The molecule has 1 aromatic rings. The molecule has 20 heavy (non-hydrogen) atoms. The highest BCUT2D eigenvalue weighted by molar-refractivity contribution is 7.89. The molecule has 0 N–H and O–H groups in total. The SMILES string of the molecule is CCC(C)CN(C)S(=O)(=O)c1ccc(CCl)cc1OC. The minimum atomic E-state index is -3.55.